The highest BCUT2D eigenvalue weighted by Gasteiger charge is 2.36. The van der Waals surface area contributed by atoms with E-state index >= 15 is 0 Å². The molecule has 19 heavy (non-hydrogen) atoms. The van der Waals surface area contributed by atoms with Crippen LogP contribution in [0.5, 0.6) is 0 Å². The Kier molecular flexibility index (Phi) is 4.19. The van der Waals surface area contributed by atoms with Gasteiger partial charge in [-0.15, -0.1) is 12.4 Å². The predicted octanol–water partition coefficient (Wildman–Crippen LogP) is 0.693. The Hall–Kier alpha value is -1.43. The quantitative estimate of drug-likeness (QED) is 0.811. The third-order valence-electron chi connectivity index (χ3n) is 3.27. The second kappa shape index (κ2) is 5.69. The fourth-order valence-corrected chi connectivity index (χ4v) is 2.35. The average Bonchev–Trinajstić information content (AvgIpc) is 2.66. The number of nitrogens with zero attached hydrogens (tertiary/aromatic N) is 1. The molecule has 1 aromatic carbocycles. The van der Waals surface area contributed by atoms with E-state index in [1.165, 1.54) is 4.90 Å². The number of imide groups is 1. The summed E-state index contributed by atoms with van der Waals surface area (Å²) in [6, 6.07) is 6.92. The number of hydrogen-bond acceptors (Lipinski definition) is 4. The smallest absolute Gasteiger partial charge is 0.261 e. The first-order chi connectivity index (χ1) is 8.77. The normalized spacial score (nSPS) is 22.1. The van der Waals surface area contributed by atoms with Crippen LogP contribution in [0.1, 0.15) is 20.7 Å². The third-order valence-corrected chi connectivity index (χ3v) is 3.27. The lowest BCUT2D eigenvalue weighted by atomic mass is 10.1. The predicted molar refractivity (Wildman–Crippen MR) is 71.7 cm³/mol. The Labute approximate surface area is 117 Å². The molecule has 1 atom stereocenters. The van der Waals surface area contributed by atoms with Crippen molar-refractivity contribution in [3.05, 3.63) is 35.4 Å². The number of hydrogen-bond donors (Lipinski definition) is 1. The van der Waals surface area contributed by atoms with E-state index in [9.17, 15) is 9.59 Å². The van der Waals surface area contributed by atoms with E-state index in [2.05, 4.69) is 5.32 Å². The van der Waals surface area contributed by atoms with Gasteiger partial charge in [-0.25, -0.2) is 0 Å². The summed E-state index contributed by atoms with van der Waals surface area (Å²) in [5.74, 6) is -0.436. The molecule has 0 saturated carbocycles. The van der Waals surface area contributed by atoms with Gasteiger partial charge in [0.25, 0.3) is 11.8 Å². The topological polar surface area (TPSA) is 58.6 Å². The molecule has 0 aromatic heterocycles. The molecule has 3 rings (SSSR count). The summed E-state index contributed by atoms with van der Waals surface area (Å²) in [7, 11) is 0. The number of nitrogens with one attached hydrogen (secondary N) is 1. The van der Waals surface area contributed by atoms with Gasteiger partial charge in [0.2, 0.25) is 0 Å². The molecule has 5 nitrogen and oxygen atoms in total. The zero-order valence-corrected chi connectivity index (χ0v) is 11.1. The van der Waals surface area contributed by atoms with Crippen LogP contribution in [0.3, 0.4) is 0 Å². The molecule has 1 saturated heterocycles. The number of halogens is 1. The maximum Gasteiger partial charge on any atom is 0.261 e. The average molecular weight is 283 g/mol. The van der Waals surface area contributed by atoms with Crippen LogP contribution in [0, 0.1) is 0 Å². The molecule has 1 fully saturated rings. The number of benzene rings is 1. The zero-order chi connectivity index (χ0) is 12.5. The molecule has 2 amide bonds. The van der Waals surface area contributed by atoms with Crippen LogP contribution in [0.4, 0.5) is 0 Å². The van der Waals surface area contributed by atoms with Gasteiger partial charge in [0.1, 0.15) is 0 Å². The molecular weight excluding hydrogens is 268 g/mol. The van der Waals surface area contributed by atoms with Crippen molar-refractivity contribution in [3.63, 3.8) is 0 Å². The van der Waals surface area contributed by atoms with E-state index in [1.54, 1.807) is 24.3 Å². The molecule has 1 aromatic rings. The van der Waals surface area contributed by atoms with Gasteiger partial charge in [0.15, 0.2) is 0 Å². The van der Waals surface area contributed by atoms with Crippen LogP contribution < -0.4 is 5.32 Å². The van der Waals surface area contributed by atoms with Crippen molar-refractivity contribution in [2.75, 3.05) is 26.2 Å². The Morgan fingerprint density at radius 3 is 2.37 bits per heavy atom. The van der Waals surface area contributed by atoms with Crippen molar-refractivity contribution in [2.24, 2.45) is 0 Å². The van der Waals surface area contributed by atoms with Crippen LogP contribution in [-0.2, 0) is 4.74 Å². The minimum Gasteiger partial charge on any atom is -0.374 e. The maximum absolute atomic E-state index is 12.1. The van der Waals surface area contributed by atoms with Gasteiger partial charge in [-0.2, -0.15) is 0 Å². The van der Waals surface area contributed by atoms with Crippen molar-refractivity contribution in [3.8, 4) is 0 Å². The standard InChI is InChI=1S/C13H14N2O3.ClH/c16-12-10-3-1-2-4-11(10)13(17)15(12)8-9-7-14-5-6-18-9;/h1-4,9,14H,5-8H2;1H. The number of ether oxygens (including phenoxy) is 1. The van der Waals surface area contributed by atoms with Gasteiger partial charge >= 0.3 is 0 Å². The highest BCUT2D eigenvalue weighted by atomic mass is 35.5. The lowest BCUT2D eigenvalue weighted by Crippen LogP contribution is -2.46. The highest BCUT2D eigenvalue weighted by molar-refractivity contribution is 6.21. The number of rotatable bonds is 2. The number of carbonyl (C=O) groups excluding carboxylic acids is 2. The van der Waals surface area contributed by atoms with Crippen molar-refractivity contribution in [1.29, 1.82) is 0 Å². The molecule has 0 aliphatic carbocycles. The van der Waals surface area contributed by atoms with Gasteiger partial charge in [0, 0.05) is 13.1 Å². The number of fused-ring (bicyclic) bond motifs is 1. The van der Waals surface area contributed by atoms with Crippen LogP contribution in [-0.4, -0.2) is 49.1 Å². The summed E-state index contributed by atoms with van der Waals surface area (Å²) in [6.07, 6.45) is -0.110. The molecular formula is C13H15ClN2O3. The molecule has 102 valence electrons. The van der Waals surface area contributed by atoms with E-state index in [1.807, 2.05) is 0 Å². The molecule has 0 radical (unpaired) electrons. The van der Waals surface area contributed by atoms with Crippen LogP contribution >= 0.6 is 12.4 Å². The van der Waals surface area contributed by atoms with E-state index in [0.717, 1.165) is 6.54 Å². The number of morpholine rings is 1. The summed E-state index contributed by atoms with van der Waals surface area (Å²) < 4.78 is 5.53. The molecule has 6 heteroatoms. The SMILES string of the molecule is Cl.O=C1c2ccccc2C(=O)N1CC1CNCCO1. The zero-order valence-electron chi connectivity index (χ0n) is 10.3. The van der Waals surface area contributed by atoms with Crippen molar-refractivity contribution >= 4 is 24.2 Å². The van der Waals surface area contributed by atoms with E-state index in [4.69, 9.17) is 4.74 Å². The molecule has 2 heterocycles. The van der Waals surface area contributed by atoms with E-state index < -0.39 is 0 Å². The second-order valence-corrected chi connectivity index (χ2v) is 4.46. The highest BCUT2D eigenvalue weighted by Crippen LogP contribution is 2.22. The molecule has 1 N–H and O–H groups in total. The van der Waals surface area contributed by atoms with Crippen LogP contribution in [0.25, 0.3) is 0 Å². The van der Waals surface area contributed by atoms with Gasteiger partial charge in [-0.3, -0.25) is 14.5 Å². The van der Waals surface area contributed by atoms with Crippen molar-refractivity contribution in [1.82, 2.24) is 10.2 Å². The largest absolute Gasteiger partial charge is 0.374 e. The van der Waals surface area contributed by atoms with E-state index in [0.29, 0.717) is 30.8 Å². The van der Waals surface area contributed by atoms with Gasteiger partial charge in [0.05, 0.1) is 30.4 Å². The lowest BCUT2D eigenvalue weighted by Gasteiger charge is -2.26. The second-order valence-electron chi connectivity index (χ2n) is 4.46. The number of carbonyl (C=O) groups is 2. The van der Waals surface area contributed by atoms with Gasteiger partial charge < -0.3 is 10.1 Å². The summed E-state index contributed by atoms with van der Waals surface area (Å²) in [5, 5.41) is 3.19. The first kappa shape index (κ1) is 14.0. The monoisotopic (exact) mass is 282 g/mol. The molecule has 2 aliphatic rings. The lowest BCUT2D eigenvalue weighted by molar-refractivity contribution is 0.00861. The fraction of sp³-hybridized carbons (Fsp3) is 0.385. The minimum absolute atomic E-state index is 0. The van der Waals surface area contributed by atoms with Gasteiger partial charge in [-0.05, 0) is 12.1 Å². The first-order valence-corrected chi connectivity index (χ1v) is 6.05. The number of amides is 2. The van der Waals surface area contributed by atoms with E-state index in [-0.39, 0.29) is 30.3 Å². The molecule has 0 bridgehead atoms. The third kappa shape index (κ3) is 2.49. The Bertz CT molecular complexity index is 465. The summed E-state index contributed by atoms with van der Waals surface area (Å²) in [5.41, 5.74) is 0.984. The summed E-state index contributed by atoms with van der Waals surface area (Å²) in [6.45, 7) is 2.43. The van der Waals surface area contributed by atoms with Crippen LogP contribution in [0.15, 0.2) is 24.3 Å². The fourth-order valence-electron chi connectivity index (χ4n) is 2.35. The Balaban J connectivity index is 0.00000133. The van der Waals surface area contributed by atoms with Crippen LogP contribution in [0.2, 0.25) is 0 Å². The molecule has 1 unspecified atom stereocenters. The summed E-state index contributed by atoms with van der Waals surface area (Å²) in [4.78, 5) is 25.5. The maximum atomic E-state index is 12.1. The Morgan fingerprint density at radius 2 is 1.84 bits per heavy atom. The Morgan fingerprint density at radius 1 is 1.21 bits per heavy atom. The minimum atomic E-state index is -0.218. The van der Waals surface area contributed by atoms with Gasteiger partial charge in [-0.1, -0.05) is 12.1 Å². The molecule has 2 aliphatic heterocycles. The first-order valence-electron chi connectivity index (χ1n) is 6.05. The summed E-state index contributed by atoms with van der Waals surface area (Å²) >= 11 is 0. The van der Waals surface area contributed by atoms with Crippen molar-refractivity contribution < 1.29 is 14.3 Å². The van der Waals surface area contributed by atoms with Crippen molar-refractivity contribution in [2.45, 2.75) is 6.10 Å². The molecule has 0 spiro atoms.